The van der Waals surface area contributed by atoms with Crippen molar-refractivity contribution in [2.75, 3.05) is 13.7 Å². The minimum atomic E-state index is -1.48. The van der Waals surface area contributed by atoms with E-state index >= 15 is 0 Å². The summed E-state index contributed by atoms with van der Waals surface area (Å²) in [5.74, 6) is -0.814. The van der Waals surface area contributed by atoms with Crippen LogP contribution in [0.25, 0.3) is 0 Å². The lowest BCUT2D eigenvalue weighted by Crippen LogP contribution is -2.61. The largest absolute Gasteiger partial charge is 0.467 e. The molecule has 0 aliphatic carbocycles. The Labute approximate surface area is 267 Å². The second-order valence-electron chi connectivity index (χ2n) is 12.7. The maximum atomic E-state index is 13.8. The highest BCUT2D eigenvalue weighted by atomic mass is 16.6. The lowest BCUT2D eigenvalue weighted by atomic mass is 10.0. The number of nitrogens with zero attached hydrogens (tertiary/aromatic N) is 2. The zero-order chi connectivity index (χ0) is 33.0. The van der Waals surface area contributed by atoms with Crippen molar-refractivity contribution in [3.05, 3.63) is 108 Å². The number of hydrogen-bond donors (Lipinski definition) is 0. The number of rotatable bonds is 12. The highest BCUT2D eigenvalue weighted by Crippen LogP contribution is 2.25. The summed E-state index contributed by atoms with van der Waals surface area (Å²) in [5.41, 5.74) is 0.924. The molecule has 3 rings (SSSR count). The zero-order valence-corrected chi connectivity index (χ0v) is 27.4. The Morgan fingerprint density at radius 3 is 1.42 bits per heavy atom. The molecule has 9 nitrogen and oxygen atoms in total. The fraction of sp³-hybridized carbons (Fsp3) is 0.417. The predicted molar refractivity (Wildman–Crippen MR) is 172 cm³/mol. The van der Waals surface area contributed by atoms with Crippen molar-refractivity contribution in [2.45, 2.75) is 84.5 Å². The number of carbonyl (C=O) groups is 3. The second-order valence-corrected chi connectivity index (χ2v) is 12.7. The fourth-order valence-corrected chi connectivity index (χ4v) is 4.67. The normalized spacial score (nSPS) is 13.1. The van der Waals surface area contributed by atoms with Crippen LogP contribution in [0, 0.1) is 0 Å². The first-order valence-electron chi connectivity index (χ1n) is 15.0. The van der Waals surface area contributed by atoms with E-state index in [4.69, 9.17) is 18.9 Å². The fourth-order valence-electron chi connectivity index (χ4n) is 4.67. The van der Waals surface area contributed by atoms with Crippen LogP contribution in [0.4, 0.5) is 9.59 Å². The van der Waals surface area contributed by atoms with Crippen molar-refractivity contribution in [2.24, 2.45) is 0 Å². The molecule has 0 fully saturated rings. The van der Waals surface area contributed by atoms with Gasteiger partial charge in [-0.05, 0) is 58.2 Å². The molecular formula is C36H46N2O7. The molecule has 0 aliphatic heterocycles. The van der Waals surface area contributed by atoms with Gasteiger partial charge >= 0.3 is 18.2 Å². The van der Waals surface area contributed by atoms with E-state index in [-0.39, 0.29) is 13.2 Å². The third-order valence-electron chi connectivity index (χ3n) is 6.59. The molecule has 0 aliphatic rings. The molecule has 3 aromatic rings. The maximum absolute atomic E-state index is 13.8. The van der Waals surface area contributed by atoms with Gasteiger partial charge in [0.1, 0.15) is 11.2 Å². The Kier molecular flexibility index (Phi) is 12.7. The van der Waals surface area contributed by atoms with Gasteiger partial charge in [-0.2, -0.15) is 4.90 Å². The number of benzene rings is 3. The topological polar surface area (TPSA) is 94.6 Å². The minimum absolute atomic E-state index is 0.0313. The number of amides is 2. The van der Waals surface area contributed by atoms with Crippen LogP contribution in [-0.4, -0.2) is 65.0 Å². The molecule has 0 aromatic heterocycles. The maximum Gasteiger partial charge on any atom is 0.420 e. The molecule has 2 amide bonds. The first-order valence-corrected chi connectivity index (χ1v) is 15.0. The average Bonchev–Trinajstić information content (AvgIpc) is 2.97. The van der Waals surface area contributed by atoms with Crippen LogP contribution in [0.3, 0.4) is 0 Å². The monoisotopic (exact) mass is 618 g/mol. The summed E-state index contributed by atoms with van der Waals surface area (Å²) < 4.78 is 22.9. The molecule has 2 atom stereocenters. The molecule has 0 heterocycles. The van der Waals surface area contributed by atoms with Crippen LogP contribution in [0.5, 0.6) is 0 Å². The van der Waals surface area contributed by atoms with E-state index < -0.39 is 41.4 Å². The van der Waals surface area contributed by atoms with E-state index in [1.807, 2.05) is 95.9 Å². The van der Waals surface area contributed by atoms with Gasteiger partial charge in [0.25, 0.3) is 0 Å². The van der Waals surface area contributed by atoms with Crippen LogP contribution in [0.15, 0.2) is 91.0 Å². The zero-order valence-electron chi connectivity index (χ0n) is 27.4. The Morgan fingerprint density at radius 1 is 0.644 bits per heavy atom. The number of carbonyl (C=O) groups excluding carboxylic acids is 3. The number of ether oxygens (including phenoxy) is 4. The molecule has 0 spiro atoms. The van der Waals surface area contributed by atoms with Crippen LogP contribution in [0.1, 0.15) is 58.2 Å². The summed E-state index contributed by atoms with van der Waals surface area (Å²) in [4.78, 5) is 44.2. The van der Waals surface area contributed by atoms with Crippen LogP contribution in [-0.2, 0) is 43.4 Å². The minimum Gasteiger partial charge on any atom is -0.467 e. The Hall–Kier alpha value is -4.21. The summed E-state index contributed by atoms with van der Waals surface area (Å²) in [7, 11) is 1.22. The smallest absolute Gasteiger partial charge is 0.420 e. The standard InChI is InChI=1S/C36H46N2O7/c1-35(2,3)44-33(40)38(34(41)45-36(4,5)6)31(32(39)42-7)30(26-43-25-29-21-15-10-16-22-29)37(23-27-17-11-8-12-18-27)24-28-19-13-9-14-20-28/h8-22,30-31H,23-26H2,1-7H3/t30-,31-/m0/s1. The third kappa shape index (κ3) is 11.7. The molecule has 242 valence electrons. The summed E-state index contributed by atoms with van der Waals surface area (Å²) >= 11 is 0. The lowest BCUT2D eigenvalue weighted by Gasteiger charge is -2.40. The van der Waals surface area contributed by atoms with Crippen molar-refractivity contribution in [1.82, 2.24) is 9.80 Å². The second kappa shape index (κ2) is 16.2. The van der Waals surface area contributed by atoms with Crippen LogP contribution in [0.2, 0.25) is 0 Å². The van der Waals surface area contributed by atoms with Gasteiger partial charge in [-0.3, -0.25) is 4.90 Å². The summed E-state index contributed by atoms with van der Waals surface area (Å²) in [6, 6.07) is 26.8. The molecular weight excluding hydrogens is 572 g/mol. The van der Waals surface area contributed by atoms with E-state index in [0.717, 1.165) is 21.6 Å². The Balaban J connectivity index is 2.17. The van der Waals surface area contributed by atoms with Gasteiger partial charge in [0.15, 0.2) is 6.04 Å². The average molecular weight is 619 g/mol. The van der Waals surface area contributed by atoms with E-state index in [0.29, 0.717) is 13.1 Å². The molecule has 0 saturated heterocycles. The number of hydrogen-bond acceptors (Lipinski definition) is 8. The number of esters is 1. The molecule has 0 radical (unpaired) electrons. The number of imide groups is 1. The van der Waals surface area contributed by atoms with Crippen LogP contribution >= 0.6 is 0 Å². The van der Waals surface area contributed by atoms with Crippen molar-refractivity contribution < 1.29 is 33.3 Å². The van der Waals surface area contributed by atoms with E-state index in [9.17, 15) is 14.4 Å². The third-order valence-corrected chi connectivity index (χ3v) is 6.59. The van der Waals surface area contributed by atoms with Gasteiger partial charge in [0, 0.05) is 13.1 Å². The number of methoxy groups -OCH3 is 1. The van der Waals surface area contributed by atoms with Gasteiger partial charge in [-0.1, -0.05) is 91.0 Å². The predicted octanol–water partition coefficient (Wildman–Crippen LogP) is 6.99. The molecule has 45 heavy (non-hydrogen) atoms. The van der Waals surface area contributed by atoms with Crippen LogP contribution < -0.4 is 0 Å². The molecule has 0 unspecified atom stereocenters. The van der Waals surface area contributed by atoms with Crippen molar-refractivity contribution in [1.29, 1.82) is 0 Å². The first kappa shape index (κ1) is 35.3. The molecule has 0 bridgehead atoms. The van der Waals surface area contributed by atoms with E-state index in [1.54, 1.807) is 41.5 Å². The van der Waals surface area contributed by atoms with Gasteiger partial charge < -0.3 is 18.9 Å². The van der Waals surface area contributed by atoms with Crippen molar-refractivity contribution >= 4 is 18.2 Å². The summed E-state index contributed by atoms with van der Waals surface area (Å²) in [6.45, 7) is 11.1. The lowest BCUT2D eigenvalue weighted by molar-refractivity contribution is -0.151. The summed E-state index contributed by atoms with van der Waals surface area (Å²) in [5, 5.41) is 0. The highest BCUT2D eigenvalue weighted by Gasteiger charge is 2.47. The molecule has 9 heteroatoms. The van der Waals surface area contributed by atoms with Gasteiger partial charge in [-0.15, -0.1) is 0 Å². The van der Waals surface area contributed by atoms with Crippen molar-refractivity contribution in [3.8, 4) is 0 Å². The Bertz CT molecular complexity index is 1280. The Morgan fingerprint density at radius 2 is 1.04 bits per heavy atom. The highest BCUT2D eigenvalue weighted by molar-refractivity contribution is 5.94. The van der Waals surface area contributed by atoms with E-state index in [1.165, 1.54) is 7.11 Å². The molecule has 3 aromatic carbocycles. The molecule has 0 N–H and O–H groups in total. The molecule has 0 saturated carbocycles. The SMILES string of the molecule is COC(=O)[C@H]([C@H](COCc1ccccc1)N(Cc1ccccc1)Cc1ccccc1)N(C(=O)OC(C)(C)C)C(=O)OC(C)(C)C. The van der Waals surface area contributed by atoms with Gasteiger partial charge in [-0.25, -0.2) is 14.4 Å². The van der Waals surface area contributed by atoms with E-state index in [2.05, 4.69) is 0 Å². The summed E-state index contributed by atoms with van der Waals surface area (Å²) in [6.07, 6.45) is -2.06. The van der Waals surface area contributed by atoms with Gasteiger partial charge in [0.2, 0.25) is 0 Å². The van der Waals surface area contributed by atoms with Gasteiger partial charge in [0.05, 0.1) is 26.4 Å². The van der Waals surface area contributed by atoms with Crippen molar-refractivity contribution in [3.63, 3.8) is 0 Å². The quantitative estimate of drug-likeness (QED) is 0.158. The first-order chi connectivity index (χ1) is 21.3.